The van der Waals surface area contributed by atoms with Crippen LogP contribution < -0.4 is 0 Å². The summed E-state index contributed by atoms with van der Waals surface area (Å²) < 4.78 is 23.0. The van der Waals surface area contributed by atoms with Crippen molar-refractivity contribution in [1.82, 2.24) is 0 Å². The van der Waals surface area contributed by atoms with Crippen molar-refractivity contribution in [1.29, 1.82) is 0 Å². The SMILES string of the molecule is COC(OC)O[PH](=O)O. The van der Waals surface area contributed by atoms with Crippen LogP contribution in [0, 0.1) is 0 Å². The van der Waals surface area contributed by atoms with E-state index < -0.39 is 14.7 Å². The molecule has 5 nitrogen and oxygen atoms in total. The standard InChI is InChI=1S/C3H9O5P/c1-6-3(7-2)8-9(4)5/h3,9H,1-2H3,(H,4,5). The average Bonchev–Trinajstić information content (AvgIpc) is 1.82. The van der Waals surface area contributed by atoms with Crippen LogP contribution in [-0.4, -0.2) is 25.6 Å². The predicted molar refractivity (Wildman–Crippen MR) is 30.1 cm³/mol. The third-order valence-corrected chi connectivity index (χ3v) is 0.976. The molecule has 0 amide bonds. The Morgan fingerprint density at radius 1 is 1.44 bits per heavy atom. The summed E-state index contributed by atoms with van der Waals surface area (Å²) in [4.78, 5) is 8.15. The van der Waals surface area contributed by atoms with Crippen molar-refractivity contribution in [3.05, 3.63) is 0 Å². The summed E-state index contributed by atoms with van der Waals surface area (Å²) >= 11 is 0. The number of hydrogen-bond donors (Lipinski definition) is 1. The van der Waals surface area contributed by atoms with E-state index in [0.29, 0.717) is 0 Å². The fourth-order valence-corrected chi connectivity index (χ4v) is 0.632. The lowest BCUT2D eigenvalue weighted by atomic mass is 11.2. The van der Waals surface area contributed by atoms with Crippen LogP contribution >= 0.6 is 8.25 Å². The van der Waals surface area contributed by atoms with Crippen LogP contribution in [0.1, 0.15) is 0 Å². The Morgan fingerprint density at radius 2 is 1.89 bits per heavy atom. The Morgan fingerprint density at radius 3 is 2.00 bits per heavy atom. The first-order chi connectivity index (χ1) is 4.20. The zero-order chi connectivity index (χ0) is 7.28. The van der Waals surface area contributed by atoms with E-state index in [1.54, 1.807) is 0 Å². The molecule has 0 aliphatic carbocycles. The summed E-state index contributed by atoms with van der Waals surface area (Å²) in [6.45, 7) is -1.04. The highest BCUT2D eigenvalue weighted by atomic mass is 31.1. The van der Waals surface area contributed by atoms with Crippen LogP contribution in [0.4, 0.5) is 0 Å². The van der Waals surface area contributed by atoms with Crippen LogP contribution in [0.5, 0.6) is 0 Å². The summed E-state index contributed by atoms with van der Waals surface area (Å²) in [5.41, 5.74) is 0. The highest BCUT2D eigenvalue weighted by molar-refractivity contribution is 7.32. The molecule has 1 unspecified atom stereocenters. The average molecular weight is 156 g/mol. The second kappa shape index (κ2) is 4.90. The third kappa shape index (κ3) is 4.57. The zero-order valence-corrected chi connectivity index (χ0v) is 6.16. The lowest BCUT2D eigenvalue weighted by molar-refractivity contribution is -0.219. The molecule has 0 fully saturated rings. The first-order valence-electron chi connectivity index (χ1n) is 2.16. The van der Waals surface area contributed by atoms with E-state index in [4.69, 9.17) is 4.89 Å². The quantitative estimate of drug-likeness (QED) is 0.457. The molecule has 0 rings (SSSR count). The van der Waals surface area contributed by atoms with Gasteiger partial charge in [0, 0.05) is 14.2 Å². The Kier molecular flexibility index (Phi) is 4.94. The van der Waals surface area contributed by atoms with Gasteiger partial charge in [-0.1, -0.05) is 0 Å². The molecule has 0 bridgehead atoms. The lowest BCUT2D eigenvalue weighted by Gasteiger charge is -2.09. The van der Waals surface area contributed by atoms with Crippen molar-refractivity contribution in [2.75, 3.05) is 14.2 Å². The van der Waals surface area contributed by atoms with E-state index >= 15 is 0 Å². The maximum absolute atomic E-state index is 9.93. The molecule has 0 aromatic carbocycles. The monoisotopic (exact) mass is 156 g/mol. The van der Waals surface area contributed by atoms with Crippen LogP contribution in [0.2, 0.25) is 0 Å². The molecule has 0 aliphatic heterocycles. The van der Waals surface area contributed by atoms with Gasteiger partial charge in [-0.05, 0) is 0 Å². The van der Waals surface area contributed by atoms with Crippen LogP contribution in [0.15, 0.2) is 0 Å². The van der Waals surface area contributed by atoms with Crippen molar-refractivity contribution < 1.29 is 23.5 Å². The lowest BCUT2D eigenvalue weighted by Crippen LogP contribution is -2.13. The Bertz CT molecular complexity index is 90.2. The fraction of sp³-hybridized carbons (Fsp3) is 1.00. The van der Waals surface area contributed by atoms with Crippen LogP contribution in [0.3, 0.4) is 0 Å². The van der Waals surface area contributed by atoms with Crippen molar-refractivity contribution >= 4 is 8.25 Å². The number of methoxy groups -OCH3 is 2. The fourth-order valence-electron chi connectivity index (χ4n) is 0.275. The number of ether oxygens (including phenoxy) is 2. The molecule has 9 heavy (non-hydrogen) atoms. The van der Waals surface area contributed by atoms with E-state index in [2.05, 4.69) is 14.0 Å². The van der Waals surface area contributed by atoms with Gasteiger partial charge >= 0.3 is 8.25 Å². The minimum absolute atomic E-state index is 1.04. The van der Waals surface area contributed by atoms with Crippen molar-refractivity contribution in [2.24, 2.45) is 0 Å². The van der Waals surface area contributed by atoms with Gasteiger partial charge in [0.15, 0.2) is 0 Å². The predicted octanol–water partition coefficient (Wildman–Crippen LogP) is -0.0386. The molecule has 0 saturated heterocycles. The Hall–Kier alpha value is 0.0700. The highest BCUT2D eigenvalue weighted by Gasteiger charge is 2.06. The normalized spacial score (nSPS) is 14.2. The van der Waals surface area contributed by atoms with Gasteiger partial charge in [0.1, 0.15) is 0 Å². The van der Waals surface area contributed by atoms with Gasteiger partial charge in [-0.2, -0.15) is 0 Å². The second-order valence-electron chi connectivity index (χ2n) is 1.14. The minimum Gasteiger partial charge on any atom is -0.333 e. The van der Waals surface area contributed by atoms with Crippen LogP contribution in [-0.2, 0) is 18.6 Å². The van der Waals surface area contributed by atoms with E-state index in [9.17, 15) is 4.57 Å². The highest BCUT2D eigenvalue weighted by Crippen LogP contribution is 2.18. The van der Waals surface area contributed by atoms with Crippen molar-refractivity contribution in [3.63, 3.8) is 0 Å². The summed E-state index contributed by atoms with van der Waals surface area (Å²) in [6, 6.07) is 0. The number of hydrogen-bond acceptors (Lipinski definition) is 4. The summed E-state index contributed by atoms with van der Waals surface area (Å²) in [6.07, 6.45) is 0. The van der Waals surface area contributed by atoms with Gasteiger partial charge in [0.05, 0.1) is 0 Å². The van der Waals surface area contributed by atoms with E-state index in [0.717, 1.165) is 0 Å². The topological polar surface area (TPSA) is 65.0 Å². The summed E-state index contributed by atoms with van der Waals surface area (Å²) in [5, 5.41) is 0. The maximum atomic E-state index is 9.93. The summed E-state index contributed by atoms with van der Waals surface area (Å²) in [5.74, 6) is 0. The molecular weight excluding hydrogens is 147 g/mol. The minimum atomic E-state index is -2.96. The smallest absolute Gasteiger partial charge is 0.320 e. The molecule has 56 valence electrons. The van der Waals surface area contributed by atoms with Gasteiger partial charge in [0.2, 0.25) is 0 Å². The van der Waals surface area contributed by atoms with Gasteiger partial charge in [-0.15, -0.1) is 0 Å². The van der Waals surface area contributed by atoms with Crippen LogP contribution in [0.25, 0.3) is 0 Å². The zero-order valence-electron chi connectivity index (χ0n) is 5.16. The largest absolute Gasteiger partial charge is 0.333 e. The Labute approximate surface area is 53.5 Å². The molecule has 0 saturated carbocycles. The van der Waals surface area contributed by atoms with Crippen molar-refractivity contribution in [3.8, 4) is 0 Å². The van der Waals surface area contributed by atoms with E-state index in [1.165, 1.54) is 14.2 Å². The molecular formula is C3H9O5P. The molecule has 1 N–H and O–H groups in total. The van der Waals surface area contributed by atoms with Crippen molar-refractivity contribution in [2.45, 2.75) is 6.48 Å². The third-order valence-electron chi connectivity index (χ3n) is 0.582. The maximum Gasteiger partial charge on any atom is 0.320 e. The molecule has 6 heteroatoms. The van der Waals surface area contributed by atoms with E-state index in [-0.39, 0.29) is 0 Å². The first-order valence-corrected chi connectivity index (χ1v) is 3.42. The molecule has 0 aliphatic rings. The molecule has 0 heterocycles. The Balaban J connectivity index is 3.43. The van der Waals surface area contributed by atoms with Gasteiger partial charge in [0.25, 0.3) is 6.48 Å². The molecule has 0 radical (unpaired) electrons. The van der Waals surface area contributed by atoms with Gasteiger partial charge in [-0.3, -0.25) is 9.09 Å². The molecule has 0 spiro atoms. The molecule has 0 aromatic heterocycles. The first kappa shape index (κ1) is 9.07. The summed E-state index contributed by atoms with van der Waals surface area (Å²) in [7, 11) is -0.349. The van der Waals surface area contributed by atoms with E-state index in [1.807, 2.05) is 0 Å². The van der Waals surface area contributed by atoms with Gasteiger partial charge in [-0.25, -0.2) is 0 Å². The number of rotatable bonds is 4. The van der Waals surface area contributed by atoms with Gasteiger partial charge < -0.3 is 14.4 Å². The molecule has 1 atom stereocenters. The second-order valence-corrected chi connectivity index (χ2v) is 1.91. The molecule has 0 aromatic rings.